The van der Waals surface area contributed by atoms with Gasteiger partial charge in [-0.1, -0.05) is 24.3 Å². The summed E-state index contributed by atoms with van der Waals surface area (Å²) in [7, 11) is 0. The number of nitrogens with zero attached hydrogens (tertiary/aromatic N) is 1. The van der Waals surface area contributed by atoms with Gasteiger partial charge in [0.2, 0.25) is 0 Å². The lowest BCUT2D eigenvalue weighted by Gasteiger charge is -2.27. The van der Waals surface area contributed by atoms with Crippen LogP contribution in [0, 0.1) is 0 Å². The molecule has 2 N–H and O–H groups in total. The fourth-order valence-corrected chi connectivity index (χ4v) is 1.82. The van der Waals surface area contributed by atoms with Crippen molar-refractivity contribution >= 4 is 18.2 Å². The highest BCUT2D eigenvalue weighted by Crippen LogP contribution is 2.24. The van der Waals surface area contributed by atoms with Crippen LogP contribution >= 0.6 is 12.4 Å². The minimum absolute atomic E-state index is 0. The minimum atomic E-state index is -0.0432. The largest absolute Gasteiger partial charge is 0.383 e. The molecule has 0 amide bonds. The van der Waals surface area contributed by atoms with Gasteiger partial charge in [0.1, 0.15) is 5.84 Å². The van der Waals surface area contributed by atoms with Gasteiger partial charge in [0.05, 0.1) is 5.54 Å². The molecule has 1 heterocycles. The Morgan fingerprint density at radius 3 is 2.64 bits per heavy atom. The second-order valence-corrected chi connectivity index (χ2v) is 4.14. The van der Waals surface area contributed by atoms with Crippen molar-refractivity contribution in [2.75, 3.05) is 0 Å². The highest BCUT2D eigenvalue weighted by molar-refractivity contribution is 5.99. The summed E-state index contributed by atoms with van der Waals surface area (Å²) in [5, 5.41) is 0. The SMILES string of the molecule is CC1(C)Cc2ccccc2C(N)=N1.Cl. The Morgan fingerprint density at radius 2 is 1.93 bits per heavy atom. The second-order valence-electron chi connectivity index (χ2n) is 4.14. The van der Waals surface area contributed by atoms with E-state index in [4.69, 9.17) is 5.73 Å². The maximum atomic E-state index is 5.87. The molecule has 0 saturated carbocycles. The summed E-state index contributed by atoms with van der Waals surface area (Å²) >= 11 is 0. The maximum absolute atomic E-state index is 5.87. The van der Waals surface area contributed by atoms with Crippen LogP contribution in [0.5, 0.6) is 0 Å². The average Bonchev–Trinajstić information content (AvgIpc) is 2.02. The summed E-state index contributed by atoms with van der Waals surface area (Å²) in [6.07, 6.45) is 0.976. The van der Waals surface area contributed by atoms with Gasteiger partial charge in [0.25, 0.3) is 0 Å². The number of aliphatic imine (C=N–C) groups is 1. The number of halogens is 1. The van der Waals surface area contributed by atoms with Crippen LogP contribution in [0.2, 0.25) is 0 Å². The molecule has 2 rings (SSSR count). The number of rotatable bonds is 0. The van der Waals surface area contributed by atoms with Crippen molar-refractivity contribution in [3.63, 3.8) is 0 Å². The van der Waals surface area contributed by atoms with E-state index in [1.807, 2.05) is 18.2 Å². The van der Waals surface area contributed by atoms with E-state index in [-0.39, 0.29) is 17.9 Å². The van der Waals surface area contributed by atoms with Gasteiger partial charge in [-0.15, -0.1) is 12.4 Å². The molecule has 1 aromatic rings. The van der Waals surface area contributed by atoms with Crippen LogP contribution in [0.15, 0.2) is 29.3 Å². The topological polar surface area (TPSA) is 38.4 Å². The molecule has 1 aliphatic rings. The first kappa shape index (κ1) is 11.1. The molecular formula is C11H15ClN2. The summed E-state index contributed by atoms with van der Waals surface area (Å²) < 4.78 is 0. The normalized spacial score (nSPS) is 17.7. The van der Waals surface area contributed by atoms with Crippen molar-refractivity contribution in [3.05, 3.63) is 35.4 Å². The average molecular weight is 211 g/mol. The van der Waals surface area contributed by atoms with E-state index in [9.17, 15) is 0 Å². The van der Waals surface area contributed by atoms with E-state index in [2.05, 4.69) is 24.9 Å². The Kier molecular flexibility index (Phi) is 2.86. The smallest absolute Gasteiger partial charge is 0.126 e. The third kappa shape index (κ3) is 1.90. The van der Waals surface area contributed by atoms with Gasteiger partial charge in [-0.25, -0.2) is 0 Å². The van der Waals surface area contributed by atoms with Crippen LogP contribution in [-0.2, 0) is 6.42 Å². The predicted molar refractivity (Wildman–Crippen MR) is 62.2 cm³/mol. The molecule has 0 aromatic heterocycles. The molecule has 3 heteroatoms. The van der Waals surface area contributed by atoms with Gasteiger partial charge in [-0.2, -0.15) is 0 Å². The molecule has 0 bridgehead atoms. The lowest BCUT2D eigenvalue weighted by atomic mass is 9.89. The molecule has 0 atom stereocenters. The van der Waals surface area contributed by atoms with E-state index >= 15 is 0 Å². The van der Waals surface area contributed by atoms with Gasteiger partial charge in [-0.3, -0.25) is 4.99 Å². The van der Waals surface area contributed by atoms with Crippen LogP contribution < -0.4 is 5.73 Å². The van der Waals surface area contributed by atoms with Crippen LogP contribution in [0.4, 0.5) is 0 Å². The van der Waals surface area contributed by atoms with Crippen LogP contribution in [0.1, 0.15) is 25.0 Å². The molecule has 0 unspecified atom stereocenters. The van der Waals surface area contributed by atoms with E-state index in [0.29, 0.717) is 5.84 Å². The molecule has 0 saturated heterocycles. The fourth-order valence-electron chi connectivity index (χ4n) is 1.82. The van der Waals surface area contributed by atoms with Gasteiger partial charge in [0, 0.05) is 5.56 Å². The van der Waals surface area contributed by atoms with Crippen molar-refractivity contribution in [3.8, 4) is 0 Å². The Hall–Kier alpha value is -1.02. The first-order valence-electron chi connectivity index (χ1n) is 4.52. The van der Waals surface area contributed by atoms with Gasteiger partial charge in [0.15, 0.2) is 0 Å². The molecule has 0 fully saturated rings. The van der Waals surface area contributed by atoms with E-state index in [1.54, 1.807) is 0 Å². The minimum Gasteiger partial charge on any atom is -0.383 e. The molecule has 1 aromatic carbocycles. The molecule has 0 spiro atoms. The van der Waals surface area contributed by atoms with Crippen molar-refractivity contribution in [1.82, 2.24) is 0 Å². The van der Waals surface area contributed by atoms with Crippen molar-refractivity contribution in [1.29, 1.82) is 0 Å². The lowest BCUT2D eigenvalue weighted by molar-refractivity contribution is 0.512. The van der Waals surface area contributed by atoms with Crippen molar-refractivity contribution in [2.45, 2.75) is 25.8 Å². The third-order valence-corrected chi connectivity index (χ3v) is 2.34. The first-order chi connectivity index (χ1) is 6.08. The Bertz CT molecular complexity index is 369. The Balaban J connectivity index is 0.000000980. The van der Waals surface area contributed by atoms with Gasteiger partial charge >= 0.3 is 0 Å². The van der Waals surface area contributed by atoms with Crippen LogP contribution in [-0.4, -0.2) is 11.4 Å². The van der Waals surface area contributed by atoms with E-state index in [1.165, 1.54) is 5.56 Å². The number of amidine groups is 1. The first-order valence-corrected chi connectivity index (χ1v) is 4.52. The number of nitrogens with two attached hydrogens (primary N) is 1. The monoisotopic (exact) mass is 210 g/mol. The molecule has 76 valence electrons. The number of benzene rings is 1. The summed E-state index contributed by atoms with van der Waals surface area (Å²) in [4.78, 5) is 4.45. The van der Waals surface area contributed by atoms with Crippen LogP contribution in [0.25, 0.3) is 0 Å². The molecule has 0 radical (unpaired) electrons. The quantitative estimate of drug-likeness (QED) is 0.700. The van der Waals surface area contributed by atoms with E-state index < -0.39 is 0 Å². The highest BCUT2D eigenvalue weighted by atomic mass is 35.5. The number of hydrogen-bond donors (Lipinski definition) is 1. The number of hydrogen-bond acceptors (Lipinski definition) is 2. The summed E-state index contributed by atoms with van der Waals surface area (Å²) in [5.74, 6) is 0.673. The lowest BCUT2D eigenvalue weighted by Crippen LogP contribution is -2.32. The molecule has 2 nitrogen and oxygen atoms in total. The number of fused-ring (bicyclic) bond motifs is 1. The van der Waals surface area contributed by atoms with Crippen LogP contribution in [0.3, 0.4) is 0 Å². The second kappa shape index (κ2) is 3.62. The highest BCUT2D eigenvalue weighted by Gasteiger charge is 2.24. The summed E-state index contributed by atoms with van der Waals surface area (Å²) in [5.41, 5.74) is 8.23. The Labute approximate surface area is 90.6 Å². The standard InChI is InChI=1S/C11H14N2.ClH/c1-11(2)7-8-5-3-4-6-9(8)10(12)13-11;/h3-6H,7H2,1-2H3,(H2,12,13);1H. The molecule has 14 heavy (non-hydrogen) atoms. The zero-order valence-corrected chi connectivity index (χ0v) is 9.27. The predicted octanol–water partition coefficient (Wildman–Crippen LogP) is 2.15. The molecule has 1 aliphatic heterocycles. The van der Waals surface area contributed by atoms with Crippen molar-refractivity contribution in [2.24, 2.45) is 10.7 Å². The zero-order valence-electron chi connectivity index (χ0n) is 8.45. The molecule has 0 aliphatic carbocycles. The van der Waals surface area contributed by atoms with E-state index in [0.717, 1.165) is 12.0 Å². The molecular weight excluding hydrogens is 196 g/mol. The maximum Gasteiger partial charge on any atom is 0.126 e. The third-order valence-electron chi connectivity index (χ3n) is 2.34. The van der Waals surface area contributed by atoms with Crippen molar-refractivity contribution < 1.29 is 0 Å². The van der Waals surface area contributed by atoms with Gasteiger partial charge < -0.3 is 5.73 Å². The zero-order chi connectivity index (χ0) is 9.47. The summed E-state index contributed by atoms with van der Waals surface area (Å²) in [6.45, 7) is 4.21. The Morgan fingerprint density at radius 1 is 1.29 bits per heavy atom. The van der Waals surface area contributed by atoms with Gasteiger partial charge in [-0.05, 0) is 25.8 Å². The fraction of sp³-hybridized carbons (Fsp3) is 0.364. The summed E-state index contributed by atoms with van der Waals surface area (Å²) in [6, 6.07) is 8.20.